The van der Waals surface area contributed by atoms with Gasteiger partial charge in [0.05, 0.1) is 32.9 Å². The highest BCUT2D eigenvalue weighted by Crippen LogP contribution is 2.41. The fraction of sp³-hybridized carbons (Fsp3) is 0.318. The largest absolute Gasteiger partial charge is 0.494 e. The van der Waals surface area contributed by atoms with Gasteiger partial charge in [-0.15, -0.1) is 0 Å². The maximum absolute atomic E-state index is 11.6. The first-order valence-electron chi connectivity index (χ1n) is 9.29. The second kappa shape index (κ2) is 8.69. The van der Waals surface area contributed by atoms with Crippen molar-refractivity contribution in [2.75, 3.05) is 20.8 Å². The summed E-state index contributed by atoms with van der Waals surface area (Å²) in [6.07, 6.45) is 1.91. The van der Waals surface area contributed by atoms with E-state index >= 15 is 0 Å². The van der Waals surface area contributed by atoms with Gasteiger partial charge in [-0.05, 0) is 42.3 Å². The van der Waals surface area contributed by atoms with Crippen LogP contribution in [0.5, 0.6) is 17.2 Å². The molecule has 0 saturated carbocycles. The van der Waals surface area contributed by atoms with Gasteiger partial charge in [0.2, 0.25) is 0 Å². The first-order valence-corrected chi connectivity index (χ1v) is 9.29. The third-order valence-electron chi connectivity index (χ3n) is 4.64. The van der Waals surface area contributed by atoms with Crippen molar-refractivity contribution >= 4 is 16.9 Å². The lowest BCUT2D eigenvalue weighted by Crippen LogP contribution is -2.02. The van der Waals surface area contributed by atoms with Gasteiger partial charge >= 0.3 is 5.97 Å². The van der Waals surface area contributed by atoms with Crippen LogP contribution in [0.15, 0.2) is 36.4 Å². The van der Waals surface area contributed by atoms with Gasteiger partial charge in [0.15, 0.2) is 11.5 Å². The van der Waals surface area contributed by atoms with E-state index < -0.39 is 5.97 Å². The molecule has 0 aliphatic carbocycles. The summed E-state index contributed by atoms with van der Waals surface area (Å²) in [5, 5.41) is 10.3. The third kappa shape index (κ3) is 3.91. The van der Waals surface area contributed by atoms with Crippen molar-refractivity contribution in [2.24, 2.45) is 0 Å². The highest BCUT2D eigenvalue weighted by atomic mass is 16.5. The minimum absolute atomic E-state index is 0.117. The minimum atomic E-state index is -0.902. The number of benzene rings is 2. The number of nitrogens with one attached hydrogen (secondary N) is 1. The summed E-state index contributed by atoms with van der Waals surface area (Å²) in [5.41, 5.74) is 3.00. The Bertz CT molecular complexity index is 976. The predicted octanol–water partition coefficient (Wildman–Crippen LogP) is 4.66. The van der Waals surface area contributed by atoms with E-state index in [1.54, 1.807) is 14.2 Å². The Morgan fingerprint density at radius 2 is 1.96 bits per heavy atom. The molecular formula is C22H25NO5. The van der Waals surface area contributed by atoms with Crippen molar-refractivity contribution < 1.29 is 24.1 Å². The fourth-order valence-corrected chi connectivity index (χ4v) is 3.30. The van der Waals surface area contributed by atoms with Crippen molar-refractivity contribution in [1.29, 1.82) is 0 Å². The van der Waals surface area contributed by atoms with Crippen LogP contribution in [0.2, 0.25) is 0 Å². The lowest BCUT2D eigenvalue weighted by atomic mass is 10.0. The second-order valence-electron chi connectivity index (χ2n) is 6.50. The van der Waals surface area contributed by atoms with Gasteiger partial charge in [0, 0.05) is 16.5 Å². The van der Waals surface area contributed by atoms with E-state index in [0.29, 0.717) is 29.4 Å². The summed E-state index contributed by atoms with van der Waals surface area (Å²) in [4.78, 5) is 14.9. The normalized spacial score (nSPS) is 10.8. The molecule has 1 aromatic heterocycles. The Morgan fingerprint density at radius 1 is 1.14 bits per heavy atom. The number of unbranched alkanes of at least 4 members (excludes halogenated alkanes) is 1. The van der Waals surface area contributed by atoms with E-state index in [1.807, 2.05) is 36.4 Å². The maximum Gasteiger partial charge on any atom is 0.307 e. The van der Waals surface area contributed by atoms with Crippen molar-refractivity contribution in [3.8, 4) is 28.5 Å². The number of methoxy groups -OCH3 is 2. The Balaban J connectivity index is 2.16. The van der Waals surface area contributed by atoms with Crippen molar-refractivity contribution in [1.82, 2.24) is 4.98 Å². The second-order valence-corrected chi connectivity index (χ2v) is 6.50. The molecule has 3 aromatic rings. The molecule has 0 spiro atoms. The number of H-pyrrole nitrogens is 1. The van der Waals surface area contributed by atoms with E-state index in [4.69, 9.17) is 14.2 Å². The number of rotatable bonds is 9. The minimum Gasteiger partial charge on any atom is -0.494 e. The van der Waals surface area contributed by atoms with Gasteiger partial charge in [-0.25, -0.2) is 0 Å². The van der Waals surface area contributed by atoms with Crippen LogP contribution in [0.25, 0.3) is 22.2 Å². The van der Waals surface area contributed by atoms with Gasteiger partial charge < -0.3 is 24.3 Å². The van der Waals surface area contributed by atoms with Crippen LogP contribution in [-0.4, -0.2) is 36.9 Å². The molecule has 0 amide bonds. The zero-order chi connectivity index (χ0) is 20.1. The van der Waals surface area contributed by atoms with Gasteiger partial charge in [-0.2, -0.15) is 0 Å². The van der Waals surface area contributed by atoms with Gasteiger partial charge in [-0.3, -0.25) is 4.79 Å². The van der Waals surface area contributed by atoms with Crippen LogP contribution in [0.3, 0.4) is 0 Å². The van der Waals surface area contributed by atoms with E-state index in [-0.39, 0.29) is 6.42 Å². The van der Waals surface area contributed by atoms with Gasteiger partial charge in [0.1, 0.15) is 5.75 Å². The van der Waals surface area contributed by atoms with E-state index in [2.05, 4.69) is 11.9 Å². The maximum atomic E-state index is 11.6. The summed E-state index contributed by atoms with van der Waals surface area (Å²) in [6.45, 7) is 2.74. The number of para-hydroxylation sites is 1. The molecule has 0 bridgehead atoms. The topological polar surface area (TPSA) is 80.8 Å². The number of ether oxygens (including phenoxy) is 3. The monoisotopic (exact) mass is 383 g/mol. The number of hydrogen-bond acceptors (Lipinski definition) is 4. The average molecular weight is 383 g/mol. The number of hydrogen-bond donors (Lipinski definition) is 2. The lowest BCUT2D eigenvalue weighted by Gasteiger charge is -2.13. The number of carboxylic acids is 1. The number of aromatic nitrogens is 1. The summed E-state index contributed by atoms with van der Waals surface area (Å²) < 4.78 is 16.7. The number of aromatic amines is 1. The number of aliphatic carboxylic acids is 1. The SMILES string of the molecule is CCCCOc1ccc2[nH]c(-c3cccc(OC)c3OC)c(CC(=O)O)c2c1. The first kappa shape index (κ1) is 19.6. The molecular weight excluding hydrogens is 358 g/mol. The highest BCUT2D eigenvalue weighted by molar-refractivity contribution is 5.95. The molecule has 28 heavy (non-hydrogen) atoms. The molecule has 0 radical (unpaired) electrons. The predicted molar refractivity (Wildman–Crippen MR) is 109 cm³/mol. The number of carbonyl (C=O) groups is 1. The zero-order valence-electron chi connectivity index (χ0n) is 16.4. The summed E-state index contributed by atoms with van der Waals surface area (Å²) in [7, 11) is 3.14. The first-order chi connectivity index (χ1) is 13.6. The number of carboxylic acid groups (broad SMARTS) is 1. The quantitative estimate of drug-likeness (QED) is 0.525. The molecule has 0 aliphatic heterocycles. The van der Waals surface area contributed by atoms with E-state index in [0.717, 1.165) is 35.1 Å². The Morgan fingerprint density at radius 3 is 2.64 bits per heavy atom. The van der Waals surface area contributed by atoms with Crippen molar-refractivity contribution in [3.63, 3.8) is 0 Å². The van der Waals surface area contributed by atoms with Crippen LogP contribution in [0, 0.1) is 0 Å². The smallest absolute Gasteiger partial charge is 0.307 e. The van der Waals surface area contributed by atoms with Gasteiger partial charge in [-0.1, -0.05) is 19.4 Å². The van der Waals surface area contributed by atoms with Crippen LogP contribution in [0.4, 0.5) is 0 Å². The molecule has 0 aliphatic rings. The van der Waals surface area contributed by atoms with Crippen LogP contribution >= 0.6 is 0 Å². The standard InChI is InChI=1S/C22H25NO5/c1-4-5-11-28-14-9-10-18-16(12-14)17(13-20(24)25)21(23-18)15-7-6-8-19(26-2)22(15)27-3/h6-10,12,23H,4-5,11,13H2,1-3H3,(H,24,25). The molecule has 0 unspecified atom stereocenters. The molecule has 148 valence electrons. The Hall–Kier alpha value is -3.15. The van der Waals surface area contributed by atoms with Crippen LogP contribution < -0.4 is 14.2 Å². The fourth-order valence-electron chi connectivity index (χ4n) is 3.30. The van der Waals surface area contributed by atoms with Crippen LogP contribution in [-0.2, 0) is 11.2 Å². The molecule has 6 nitrogen and oxygen atoms in total. The molecule has 0 saturated heterocycles. The van der Waals surface area contributed by atoms with Gasteiger partial charge in [0.25, 0.3) is 0 Å². The molecule has 0 fully saturated rings. The molecule has 2 aromatic carbocycles. The van der Waals surface area contributed by atoms with Crippen molar-refractivity contribution in [3.05, 3.63) is 42.0 Å². The zero-order valence-corrected chi connectivity index (χ0v) is 16.4. The number of fused-ring (bicyclic) bond motifs is 1. The molecule has 2 N–H and O–H groups in total. The summed E-state index contributed by atoms with van der Waals surface area (Å²) in [6, 6.07) is 11.3. The average Bonchev–Trinajstić information content (AvgIpc) is 3.04. The van der Waals surface area contributed by atoms with Crippen molar-refractivity contribution in [2.45, 2.75) is 26.2 Å². The summed E-state index contributed by atoms with van der Waals surface area (Å²) >= 11 is 0. The summed E-state index contributed by atoms with van der Waals surface area (Å²) in [5.74, 6) is 0.975. The van der Waals surface area contributed by atoms with Crippen LogP contribution in [0.1, 0.15) is 25.3 Å². The van der Waals surface area contributed by atoms with E-state index in [1.165, 1.54) is 0 Å². The Kier molecular flexibility index (Phi) is 6.09. The molecule has 1 heterocycles. The molecule has 0 atom stereocenters. The Labute approximate surface area is 164 Å². The third-order valence-corrected chi connectivity index (χ3v) is 4.64. The molecule has 6 heteroatoms. The molecule has 3 rings (SSSR count). The highest BCUT2D eigenvalue weighted by Gasteiger charge is 2.21. The van der Waals surface area contributed by atoms with E-state index in [9.17, 15) is 9.90 Å². The lowest BCUT2D eigenvalue weighted by molar-refractivity contribution is -0.136.